The number of hydrogen-bond donors (Lipinski definition) is 1. The van der Waals surface area contributed by atoms with Crippen LogP contribution in [0.15, 0.2) is 53.8 Å². The van der Waals surface area contributed by atoms with Crippen molar-refractivity contribution in [3.8, 4) is 5.75 Å². The molecule has 0 spiro atoms. The number of carbonyl (C=O) groups is 1. The van der Waals surface area contributed by atoms with E-state index in [2.05, 4.69) is 20.3 Å². The van der Waals surface area contributed by atoms with Gasteiger partial charge in [0.25, 0.3) is 5.91 Å². The standard InChI is InChI=1S/C24H26N6O2S/c1-33-24-27-22(29-11-4-5-12-29)20-15-26-30(23(20)28-24)13-10-25-21(31)16-32-19-9-8-17-6-2-3-7-18(17)14-19/h2-3,6-9,14-15H,4-5,10-13,16H2,1H3,(H,25,31). The lowest BCUT2D eigenvalue weighted by atomic mass is 10.1. The van der Waals surface area contributed by atoms with Crippen LogP contribution in [0.2, 0.25) is 0 Å². The third-order valence-corrected chi connectivity index (χ3v) is 6.33. The van der Waals surface area contributed by atoms with E-state index in [9.17, 15) is 4.79 Å². The zero-order valence-electron chi connectivity index (χ0n) is 18.5. The molecule has 8 nitrogen and oxygen atoms in total. The van der Waals surface area contributed by atoms with Crippen molar-refractivity contribution in [2.45, 2.75) is 24.5 Å². The van der Waals surface area contributed by atoms with Gasteiger partial charge in [-0.1, -0.05) is 42.1 Å². The molecule has 0 radical (unpaired) electrons. The Kier molecular flexibility index (Phi) is 6.30. The number of amides is 1. The Balaban J connectivity index is 1.20. The summed E-state index contributed by atoms with van der Waals surface area (Å²) in [6.07, 6.45) is 6.17. The van der Waals surface area contributed by atoms with E-state index in [0.29, 0.717) is 18.8 Å². The zero-order chi connectivity index (χ0) is 22.6. The average molecular weight is 463 g/mol. The highest BCUT2D eigenvalue weighted by Gasteiger charge is 2.20. The number of ether oxygens (including phenoxy) is 1. The summed E-state index contributed by atoms with van der Waals surface area (Å²) in [7, 11) is 0. The fraction of sp³-hybridized carbons (Fsp3) is 0.333. The Morgan fingerprint density at radius 1 is 1.12 bits per heavy atom. The molecule has 0 bridgehead atoms. The molecule has 1 amide bonds. The van der Waals surface area contributed by atoms with E-state index < -0.39 is 0 Å². The smallest absolute Gasteiger partial charge is 0.258 e. The minimum Gasteiger partial charge on any atom is -0.484 e. The molecule has 0 unspecified atom stereocenters. The van der Waals surface area contributed by atoms with Gasteiger partial charge in [0.1, 0.15) is 11.6 Å². The van der Waals surface area contributed by atoms with Gasteiger partial charge in [0.2, 0.25) is 0 Å². The fourth-order valence-electron chi connectivity index (χ4n) is 4.10. The van der Waals surface area contributed by atoms with Crippen LogP contribution in [-0.4, -0.2) is 58.2 Å². The first-order valence-electron chi connectivity index (χ1n) is 11.1. The molecule has 1 saturated heterocycles. The minimum absolute atomic E-state index is 0.0317. The van der Waals surface area contributed by atoms with Gasteiger partial charge < -0.3 is 15.0 Å². The van der Waals surface area contributed by atoms with Crippen LogP contribution in [0.4, 0.5) is 5.82 Å². The quantitative estimate of drug-likeness (QED) is 0.317. The summed E-state index contributed by atoms with van der Waals surface area (Å²) in [4.78, 5) is 24.0. The Morgan fingerprint density at radius 2 is 1.94 bits per heavy atom. The molecular weight excluding hydrogens is 436 g/mol. The second kappa shape index (κ2) is 9.66. The van der Waals surface area contributed by atoms with Gasteiger partial charge >= 0.3 is 0 Å². The van der Waals surface area contributed by atoms with E-state index in [4.69, 9.17) is 9.72 Å². The van der Waals surface area contributed by atoms with Crippen molar-refractivity contribution in [1.29, 1.82) is 0 Å². The number of aromatic nitrogens is 4. The Morgan fingerprint density at radius 3 is 2.76 bits per heavy atom. The lowest BCUT2D eigenvalue weighted by Gasteiger charge is -2.17. The molecule has 1 aliphatic rings. The lowest BCUT2D eigenvalue weighted by Crippen LogP contribution is -2.31. The molecule has 33 heavy (non-hydrogen) atoms. The predicted molar refractivity (Wildman–Crippen MR) is 131 cm³/mol. The van der Waals surface area contributed by atoms with Crippen molar-refractivity contribution >= 4 is 45.3 Å². The highest BCUT2D eigenvalue weighted by atomic mass is 32.2. The van der Waals surface area contributed by atoms with Crippen molar-refractivity contribution in [3.63, 3.8) is 0 Å². The predicted octanol–water partition coefficient (Wildman–Crippen LogP) is 3.50. The molecule has 2 aromatic heterocycles. The number of nitrogens with one attached hydrogen (secondary N) is 1. The topological polar surface area (TPSA) is 85.2 Å². The van der Waals surface area contributed by atoms with Gasteiger partial charge in [0.05, 0.1) is 18.1 Å². The molecule has 0 aliphatic carbocycles. The van der Waals surface area contributed by atoms with Crippen LogP contribution in [0.25, 0.3) is 21.8 Å². The summed E-state index contributed by atoms with van der Waals surface area (Å²) in [5.41, 5.74) is 0.804. The summed E-state index contributed by atoms with van der Waals surface area (Å²) in [6, 6.07) is 13.9. The van der Waals surface area contributed by atoms with Crippen molar-refractivity contribution in [3.05, 3.63) is 48.7 Å². The normalized spacial score (nSPS) is 13.7. The molecule has 3 heterocycles. The van der Waals surface area contributed by atoms with E-state index >= 15 is 0 Å². The van der Waals surface area contributed by atoms with Crippen LogP contribution in [0.5, 0.6) is 5.75 Å². The third kappa shape index (κ3) is 4.73. The number of fused-ring (bicyclic) bond motifs is 2. The van der Waals surface area contributed by atoms with E-state index in [1.54, 1.807) is 0 Å². The Labute approximate surface area is 196 Å². The lowest BCUT2D eigenvalue weighted by molar-refractivity contribution is -0.123. The average Bonchev–Trinajstić information content (AvgIpc) is 3.53. The van der Waals surface area contributed by atoms with Crippen LogP contribution in [0.1, 0.15) is 12.8 Å². The van der Waals surface area contributed by atoms with E-state index in [-0.39, 0.29) is 12.5 Å². The summed E-state index contributed by atoms with van der Waals surface area (Å²) in [5.74, 6) is 1.47. The van der Waals surface area contributed by atoms with Gasteiger partial charge in [0, 0.05) is 19.6 Å². The van der Waals surface area contributed by atoms with Crippen LogP contribution in [-0.2, 0) is 11.3 Å². The molecule has 5 rings (SSSR count). The third-order valence-electron chi connectivity index (χ3n) is 5.78. The van der Waals surface area contributed by atoms with Crippen molar-refractivity contribution in [2.75, 3.05) is 37.4 Å². The number of rotatable bonds is 8. The minimum atomic E-state index is -0.170. The highest BCUT2D eigenvalue weighted by molar-refractivity contribution is 7.98. The Hall–Kier alpha value is -3.33. The molecule has 9 heteroatoms. The molecule has 4 aromatic rings. The maximum absolute atomic E-state index is 12.3. The molecule has 1 fully saturated rings. The van der Waals surface area contributed by atoms with Gasteiger partial charge in [0.15, 0.2) is 17.4 Å². The van der Waals surface area contributed by atoms with Crippen LogP contribution in [0, 0.1) is 0 Å². The van der Waals surface area contributed by atoms with Gasteiger partial charge in [-0.2, -0.15) is 5.10 Å². The fourth-order valence-corrected chi connectivity index (χ4v) is 4.46. The number of nitrogens with zero attached hydrogens (tertiary/aromatic N) is 5. The number of benzene rings is 2. The van der Waals surface area contributed by atoms with Gasteiger partial charge in [-0.05, 0) is 42.0 Å². The van der Waals surface area contributed by atoms with Crippen molar-refractivity contribution in [1.82, 2.24) is 25.1 Å². The first-order chi connectivity index (χ1) is 16.2. The van der Waals surface area contributed by atoms with Crippen molar-refractivity contribution in [2.24, 2.45) is 0 Å². The van der Waals surface area contributed by atoms with E-state index in [1.165, 1.54) is 24.6 Å². The summed E-state index contributed by atoms with van der Waals surface area (Å²) in [5, 5.41) is 11.3. The van der Waals surface area contributed by atoms with Crippen molar-refractivity contribution < 1.29 is 9.53 Å². The first kappa shape index (κ1) is 21.5. The van der Waals surface area contributed by atoms with E-state index in [0.717, 1.165) is 45.9 Å². The number of hydrogen-bond acceptors (Lipinski definition) is 7. The molecule has 1 aliphatic heterocycles. The molecule has 170 valence electrons. The SMILES string of the molecule is CSc1nc(N2CCCC2)c2cnn(CCNC(=O)COc3ccc4ccccc4c3)c2n1. The zero-order valence-corrected chi connectivity index (χ0v) is 19.3. The number of carbonyl (C=O) groups excluding carboxylic acids is 1. The van der Waals surface area contributed by atoms with Crippen LogP contribution < -0.4 is 15.0 Å². The second-order valence-electron chi connectivity index (χ2n) is 7.98. The van der Waals surface area contributed by atoms with Gasteiger partial charge in [-0.3, -0.25) is 4.79 Å². The number of thioether (sulfide) groups is 1. The highest BCUT2D eigenvalue weighted by Crippen LogP contribution is 2.28. The first-order valence-corrected chi connectivity index (χ1v) is 12.3. The maximum atomic E-state index is 12.3. The van der Waals surface area contributed by atoms with Crippen LogP contribution >= 0.6 is 11.8 Å². The number of anilines is 1. The van der Waals surface area contributed by atoms with Crippen LogP contribution in [0.3, 0.4) is 0 Å². The van der Waals surface area contributed by atoms with Gasteiger partial charge in [-0.15, -0.1) is 0 Å². The maximum Gasteiger partial charge on any atom is 0.258 e. The molecule has 0 saturated carbocycles. The summed E-state index contributed by atoms with van der Waals surface area (Å²) >= 11 is 1.53. The molecule has 2 aromatic carbocycles. The van der Waals surface area contributed by atoms with Gasteiger partial charge in [-0.25, -0.2) is 14.6 Å². The molecule has 1 N–H and O–H groups in total. The Bertz CT molecular complexity index is 1280. The van der Waals surface area contributed by atoms with E-state index in [1.807, 2.05) is 59.6 Å². The largest absolute Gasteiger partial charge is 0.484 e. The molecular formula is C24H26N6O2S. The summed E-state index contributed by atoms with van der Waals surface area (Å²) in [6.45, 7) is 2.96. The second-order valence-corrected chi connectivity index (χ2v) is 8.75. The monoisotopic (exact) mass is 462 g/mol. The molecule has 0 atom stereocenters. The summed E-state index contributed by atoms with van der Waals surface area (Å²) < 4.78 is 7.51.